The molecule has 0 saturated carbocycles. The standard InChI is InChI=1S/C10H6BrN5/c11-7-1-6(2-12-3-7)9-15-8-4-13-5-14-10(8)16-9/h1-5H,(H,13,14,15,16). The molecule has 0 bridgehead atoms. The molecule has 3 aromatic heterocycles. The van der Waals surface area contributed by atoms with E-state index in [1.165, 1.54) is 6.33 Å². The van der Waals surface area contributed by atoms with Gasteiger partial charge in [-0.2, -0.15) is 0 Å². The average molecular weight is 276 g/mol. The first-order valence-corrected chi connectivity index (χ1v) is 5.39. The Balaban J connectivity index is 2.19. The molecule has 0 aliphatic rings. The second-order valence-corrected chi connectivity index (χ2v) is 4.15. The molecule has 0 amide bonds. The van der Waals surface area contributed by atoms with Crippen molar-refractivity contribution in [1.82, 2.24) is 24.9 Å². The Morgan fingerprint density at radius 2 is 2.06 bits per heavy atom. The van der Waals surface area contributed by atoms with E-state index in [4.69, 9.17) is 0 Å². The lowest BCUT2D eigenvalue weighted by atomic mass is 10.3. The van der Waals surface area contributed by atoms with Gasteiger partial charge in [-0.15, -0.1) is 0 Å². The van der Waals surface area contributed by atoms with E-state index in [0.717, 1.165) is 21.4 Å². The number of hydrogen-bond acceptors (Lipinski definition) is 4. The van der Waals surface area contributed by atoms with Crippen LogP contribution in [0.4, 0.5) is 0 Å². The van der Waals surface area contributed by atoms with Gasteiger partial charge in [-0.25, -0.2) is 15.0 Å². The zero-order valence-electron chi connectivity index (χ0n) is 8.05. The molecule has 0 unspecified atom stereocenters. The highest BCUT2D eigenvalue weighted by atomic mass is 79.9. The Morgan fingerprint density at radius 3 is 2.88 bits per heavy atom. The number of rotatable bonds is 1. The molecule has 0 aliphatic carbocycles. The number of fused-ring (bicyclic) bond motifs is 1. The number of pyridine rings is 1. The summed E-state index contributed by atoms with van der Waals surface area (Å²) in [6.45, 7) is 0. The van der Waals surface area contributed by atoms with Crippen LogP contribution in [-0.2, 0) is 0 Å². The predicted molar refractivity (Wildman–Crippen MR) is 62.6 cm³/mol. The normalized spacial score (nSPS) is 10.8. The number of nitrogens with zero attached hydrogens (tertiary/aromatic N) is 4. The van der Waals surface area contributed by atoms with E-state index in [1.807, 2.05) is 6.07 Å². The molecule has 16 heavy (non-hydrogen) atoms. The summed E-state index contributed by atoms with van der Waals surface area (Å²) in [6, 6.07) is 1.94. The van der Waals surface area contributed by atoms with Crippen LogP contribution in [0.3, 0.4) is 0 Å². The van der Waals surface area contributed by atoms with Crippen LogP contribution in [0, 0.1) is 0 Å². The topological polar surface area (TPSA) is 67.3 Å². The molecule has 0 aliphatic heterocycles. The van der Waals surface area contributed by atoms with Gasteiger partial charge in [0.25, 0.3) is 0 Å². The van der Waals surface area contributed by atoms with Crippen molar-refractivity contribution < 1.29 is 0 Å². The highest BCUT2D eigenvalue weighted by molar-refractivity contribution is 9.10. The minimum atomic E-state index is 0.657. The van der Waals surface area contributed by atoms with Crippen molar-refractivity contribution in [2.45, 2.75) is 0 Å². The second-order valence-electron chi connectivity index (χ2n) is 3.24. The molecule has 0 spiro atoms. The van der Waals surface area contributed by atoms with Crippen LogP contribution < -0.4 is 0 Å². The van der Waals surface area contributed by atoms with Gasteiger partial charge in [-0.1, -0.05) is 0 Å². The van der Waals surface area contributed by atoms with Crippen molar-refractivity contribution in [2.24, 2.45) is 0 Å². The maximum Gasteiger partial charge on any atom is 0.181 e. The number of aromatic nitrogens is 5. The average Bonchev–Trinajstić information content (AvgIpc) is 2.72. The molecule has 0 fully saturated rings. The Kier molecular flexibility index (Phi) is 2.14. The number of hydrogen-bond donors (Lipinski definition) is 1. The Hall–Kier alpha value is -1.82. The summed E-state index contributed by atoms with van der Waals surface area (Å²) >= 11 is 3.37. The second kappa shape index (κ2) is 3.64. The summed E-state index contributed by atoms with van der Waals surface area (Å²) in [5.74, 6) is 0.740. The van der Waals surface area contributed by atoms with Crippen LogP contribution in [0.25, 0.3) is 22.6 Å². The minimum absolute atomic E-state index is 0.657. The van der Waals surface area contributed by atoms with E-state index in [1.54, 1.807) is 18.6 Å². The molecule has 78 valence electrons. The highest BCUT2D eigenvalue weighted by Gasteiger charge is 2.06. The molecule has 1 N–H and O–H groups in total. The van der Waals surface area contributed by atoms with Crippen molar-refractivity contribution in [2.75, 3.05) is 0 Å². The Morgan fingerprint density at radius 1 is 1.12 bits per heavy atom. The van der Waals surface area contributed by atoms with Crippen LogP contribution in [-0.4, -0.2) is 24.9 Å². The predicted octanol–water partition coefficient (Wildman–Crippen LogP) is 2.18. The van der Waals surface area contributed by atoms with Gasteiger partial charge in [-0.05, 0) is 22.0 Å². The molecule has 3 aromatic rings. The minimum Gasteiger partial charge on any atom is -0.335 e. The fourth-order valence-corrected chi connectivity index (χ4v) is 1.80. The van der Waals surface area contributed by atoms with E-state index < -0.39 is 0 Å². The molecule has 3 rings (SSSR count). The monoisotopic (exact) mass is 275 g/mol. The third-order valence-corrected chi connectivity index (χ3v) is 2.57. The molecule has 3 heterocycles. The first-order chi connectivity index (χ1) is 7.83. The summed E-state index contributed by atoms with van der Waals surface area (Å²) in [4.78, 5) is 19.6. The zero-order chi connectivity index (χ0) is 11.0. The maximum atomic E-state index is 4.36. The quantitative estimate of drug-likeness (QED) is 0.739. The van der Waals surface area contributed by atoms with Gasteiger partial charge in [0.1, 0.15) is 17.7 Å². The molecular formula is C10H6BrN5. The molecular weight excluding hydrogens is 270 g/mol. The van der Waals surface area contributed by atoms with Crippen molar-refractivity contribution in [1.29, 1.82) is 0 Å². The van der Waals surface area contributed by atoms with Crippen molar-refractivity contribution in [3.8, 4) is 11.4 Å². The number of imidazole rings is 1. The van der Waals surface area contributed by atoms with Gasteiger partial charge in [0.15, 0.2) is 5.65 Å². The SMILES string of the molecule is Brc1cncc(-c2nc3ncncc3[nH]2)c1. The van der Waals surface area contributed by atoms with Crippen LogP contribution in [0.15, 0.2) is 35.5 Å². The molecule has 5 nitrogen and oxygen atoms in total. The summed E-state index contributed by atoms with van der Waals surface area (Å²) in [7, 11) is 0. The molecule has 6 heteroatoms. The van der Waals surface area contributed by atoms with E-state index in [2.05, 4.69) is 40.8 Å². The van der Waals surface area contributed by atoms with Crippen molar-refractivity contribution in [3.05, 3.63) is 35.5 Å². The first kappa shape index (κ1) is 9.41. The first-order valence-electron chi connectivity index (χ1n) is 4.59. The lowest BCUT2D eigenvalue weighted by Gasteiger charge is -1.95. The zero-order valence-corrected chi connectivity index (χ0v) is 9.64. The fraction of sp³-hybridized carbons (Fsp3) is 0. The van der Waals surface area contributed by atoms with Gasteiger partial charge in [-0.3, -0.25) is 4.98 Å². The summed E-state index contributed by atoms with van der Waals surface area (Å²) in [5, 5.41) is 0. The smallest absolute Gasteiger partial charge is 0.181 e. The van der Waals surface area contributed by atoms with Gasteiger partial charge in [0.05, 0.1) is 6.20 Å². The third kappa shape index (κ3) is 1.57. The lowest BCUT2D eigenvalue weighted by molar-refractivity contribution is 1.20. The van der Waals surface area contributed by atoms with E-state index in [-0.39, 0.29) is 0 Å². The molecule has 0 saturated heterocycles. The Bertz CT molecular complexity index is 615. The van der Waals surface area contributed by atoms with Crippen LogP contribution >= 0.6 is 15.9 Å². The highest BCUT2D eigenvalue weighted by Crippen LogP contribution is 2.20. The molecule has 0 atom stereocenters. The Labute approximate surface area is 99.1 Å². The van der Waals surface area contributed by atoms with E-state index in [9.17, 15) is 0 Å². The van der Waals surface area contributed by atoms with Gasteiger partial charge in [0.2, 0.25) is 0 Å². The number of nitrogens with one attached hydrogen (secondary N) is 1. The van der Waals surface area contributed by atoms with Gasteiger partial charge in [0, 0.05) is 22.4 Å². The van der Waals surface area contributed by atoms with Crippen LogP contribution in [0.1, 0.15) is 0 Å². The van der Waals surface area contributed by atoms with Gasteiger partial charge < -0.3 is 4.98 Å². The van der Waals surface area contributed by atoms with Crippen molar-refractivity contribution in [3.63, 3.8) is 0 Å². The summed E-state index contributed by atoms with van der Waals surface area (Å²) < 4.78 is 0.913. The number of aromatic amines is 1. The maximum absolute atomic E-state index is 4.36. The largest absolute Gasteiger partial charge is 0.335 e. The number of H-pyrrole nitrogens is 1. The summed E-state index contributed by atoms with van der Waals surface area (Å²) in [5.41, 5.74) is 2.38. The van der Waals surface area contributed by atoms with Crippen LogP contribution in [0.5, 0.6) is 0 Å². The fourth-order valence-electron chi connectivity index (χ4n) is 1.44. The molecule has 0 radical (unpaired) electrons. The third-order valence-electron chi connectivity index (χ3n) is 2.14. The summed E-state index contributed by atoms with van der Waals surface area (Å²) in [6.07, 6.45) is 6.65. The van der Waals surface area contributed by atoms with Crippen molar-refractivity contribution >= 4 is 27.1 Å². The number of halogens is 1. The molecule has 0 aromatic carbocycles. The van der Waals surface area contributed by atoms with Gasteiger partial charge >= 0.3 is 0 Å². The van der Waals surface area contributed by atoms with E-state index in [0.29, 0.717) is 5.65 Å². The van der Waals surface area contributed by atoms with E-state index >= 15 is 0 Å². The lowest BCUT2D eigenvalue weighted by Crippen LogP contribution is -1.82. The van der Waals surface area contributed by atoms with Crippen LogP contribution in [0.2, 0.25) is 0 Å².